The molecule has 0 amide bonds. The lowest BCUT2D eigenvalue weighted by Crippen LogP contribution is -2.14. The van der Waals surface area contributed by atoms with Crippen LogP contribution in [0.2, 0.25) is 0 Å². The molecule has 1 aromatic rings. The van der Waals surface area contributed by atoms with Crippen molar-refractivity contribution in [3.05, 3.63) is 24.3 Å². The summed E-state index contributed by atoms with van der Waals surface area (Å²) in [6.45, 7) is 4.11. The number of unbranched alkanes of at least 4 members (excludes halogenated alkanes) is 6. The zero-order valence-corrected chi connectivity index (χ0v) is 17.3. The summed E-state index contributed by atoms with van der Waals surface area (Å²) in [6, 6.07) is 5.58. The van der Waals surface area contributed by atoms with E-state index >= 15 is 0 Å². The van der Waals surface area contributed by atoms with Gasteiger partial charge in [0.1, 0.15) is 11.5 Å². The highest BCUT2D eigenvalue weighted by molar-refractivity contribution is 7.87. The van der Waals surface area contributed by atoms with Gasteiger partial charge >= 0.3 is 20.2 Å². The molecular weight excluding hydrogens is 376 g/mol. The molecule has 0 heterocycles. The van der Waals surface area contributed by atoms with Crippen LogP contribution >= 0.6 is 0 Å². The maximum Gasteiger partial charge on any atom is 0.309 e. The second-order valence-electron chi connectivity index (χ2n) is 6.28. The molecule has 1 rings (SSSR count). The summed E-state index contributed by atoms with van der Waals surface area (Å²) in [5, 5.41) is 0. The van der Waals surface area contributed by atoms with Crippen molar-refractivity contribution in [3.8, 4) is 11.5 Å². The fraction of sp³-hybridized carbons (Fsp3) is 0.667. The van der Waals surface area contributed by atoms with Crippen molar-refractivity contribution in [2.45, 2.75) is 65.2 Å². The first-order chi connectivity index (χ1) is 12.3. The van der Waals surface area contributed by atoms with Gasteiger partial charge in [0.05, 0.1) is 11.5 Å². The van der Waals surface area contributed by atoms with Crippen LogP contribution in [0.25, 0.3) is 0 Å². The van der Waals surface area contributed by atoms with Crippen molar-refractivity contribution in [3.63, 3.8) is 0 Å². The third-order valence-corrected chi connectivity index (χ3v) is 6.24. The zero-order chi connectivity index (χ0) is 19.5. The Labute approximate surface area is 158 Å². The van der Waals surface area contributed by atoms with E-state index < -0.39 is 20.2 Å². The van der Waals surface area contributed by atoms with E-state index in [2.05, 4.69) is 13.8 Å². The van der Waals surface area contributed by atoms with Gasteiger partial charge in [-0.15, -0.1) is 0 Å². The molecule has 0 aliphatic rings. The number of hydrogen-bond donors (Lipinski definition) is 0. The van der Waals surface area contributed by atoms with Gasteiger partial charge < -0.3 is 8.37 Å². The second-order valence-corrected chi connectivity index (χ2v) is 9.66. The highest BCUT2D eigenvalue weighted by Gasteiger charge is 2.15. The molecule has 0 N–H and O–H groups in total. The summed E-state index contributed by atoms with van der Waals surface area (Å²) in [5.74, 6) is 0.232. The minimum atomic E-state index is -3.64. The molecule has 8 heteroatoms. The minimum Gasteiger partial charge on any atom is -0.382 e. The van der Waals surface area contributed by atoms with Crippen LogP contribution in [0, 0.1) is 0 Å². The standard InChI is InChI=1S/C18H30O6S2/c1-3-5-7-9-15-25(19,20)23-17-11-13-18(14-12-17)24-26(21,22)16-10-8-6-4-2/h11-14H,3-10,15-16H2,1-2H3. The van der Waals surface area contributed by atoms with Crippen LogP contribution < -0.4 is 8.37 Å². The van der Waals surface area contributed by atoms with Gasteiger partial charge in [0, 0.05) is 0 Å². The molecule has 0 aromatic heterocycles. The van der Waals surface area contributed by atoms with Crippen molar-refractivity contribution in [2.75, 3.05) is 11.5 Å². The third-order valence-electron chi connectivity index (χ3n) is 3.77. The van der Waals surface area contributed by atoms with Crippen molar-refractivity contribution in [2.24, 2.45) is 0 Å². The lowest BCUT2D eigenvalue weighted by atomic mass is 10.2. The van der Waals surface area contributed by atoms with Crippen molar-refractivity contribution in [1.82, 2.24) is 0 Å². The average molecular weight is 407 g/mol. The molecular formula is C18H30O6S2. The van der Waals surface area contributed by atoms with Crippen LogP contribution in [0.4, 0.5) is 0 Å². The fourth-order valence-corrected chi connectivity index (χ4v) is 4.43. The summed E-state index contributed by atoms with van der Waals surface area (Å²) in [5.41, 5.74) is 0. The van der Waals surface area contributed by atoms with E-state index in [4.69, 9.17) is 8.37 Å². The Morgan fingerprint density at radius 2 is 0.962 bits per heavy atom. The Hall–Kier alpha value is -1.28. The number of rotatable bonds is 14. The Morgan fingerprint density at radius 1 is 0.615 bits per heavy atom. The van der Waals surface area contributed by atoms with E-state index in [0.717, 1.165) is 38.5 Å². The summed E-state index contributed by atoms with van der Waals surface area (Å²) in [7, 11) is -7.28. The van der Waals surface area contributed by atoms with E-state index in [0.29, 0.717) is 12.8 Å². The maximum absolute atomic E-state index is 11.9. The topological polar surface area (TPSA) is 86.7 Å². The Kier molecular flexibility index (Phi) is 10.0. The van der Waals surface area contributed by atoms with Gasteiger partial charge in [-0.2, -0.15) is 16.8 Å². The molecule has 0 bridgehead atoms. The van der Waals surface area contributed by atoms with Crippen LogP contribution in [-0.4, -0.2) is 28.3 Å². The van der Waals surface area contributed by atoms with Gasteiger partial charge in [0.15, 0.2) is 0 Å². The van der Waals surface area contributed by atoms with Crippen molar-refractivity contribution >= 4 is 20.2 Å². The van der Waals surface area contributed by atoms with E-state index in [-0.39, 0.29) is 23.0 Å². The third kappa shape index (κ3) is 10.0. The first-order valence-corrected chi connectivity index (χ1v) is 12.4. The van der Waals surface area contributed by atoms with E-state index in [1.807, 2.05) is 0 Å². The van der Waals surface area contributed by atoms with Gasteiger partial charge in [-0.05, 0) is 37.1 Å². The highest BCUT2D eigenvalue weighted by Crippen LogP contribution is 2.21. The van der Waals surface area contributed by atoms with Crippen LogP contribution in [0.15, 0.2) is 24.3 Å². The van der Waals surface area contributed by atoms with E-state index in [1.165, 1.54) is 24.3 Å². The predicted octanol–water partition coefficient (Wildman–Crippen LogP) is 4.26. The molecule has 1 aromatic carbocycles. The smallest absolute Gasteiger partial charge is 0.309 e. The van der Waals surface area contributed by atoms with Gasteiger partial charge in [0.25, 0.3) is 0 Å². The predicted molar refractivity (Wildman–Crippen MR) is 104 cm³/mol. The van der Waals surface area contributed by atoms with Crippen LogP contribution in [0.5, 0.6) is 11.5 Å². The molecule has 150 valence electrons. The molecule has 0 aliphatic heterocycles. The van der Waals surface area contributed by atoms with Gasteiger partial charge in [-0.1, -0.05) is 52.4 Å². The largest absolute Gasteiger partial charge is 0.382 e. The number of hydrogen-bond acceptors (Lipinski definition) is 6. The number of benzene rings is 1. The van der Waals surface area contributed by atoms with Gasteiger partial charge in [-0.3, -0.25) is 0 Å². The Morgan fingerprint density at radius 3 is 1.27 bits per heavy atom. The molecule has 0 saturated heterocycles. The fourth-order valence-electron chi connectivity index (χ4n) is 2.34. The normalized spacial score (nSPS) is 12.1. The molecule has 0 radical (unpaired) electrons. The first kappa shape index (κ1) is 22.8. The molecule has 0 atom stereocenters. The molecule has 0 aliphatic carbocycles. The van der Waals surface area contributed by atoms with E-state index in [9.17, 15) is 16.8 Å². The Balaban J connectivity index is 2.52. The quantitative estimate of drug-likeness (QED) is 0.339. The average Bonchev–Trinajstić information content (AvgIpc) is 2.57. The zero-order valence-electron chi connectivity index (χ0n) is 15.6. The molecule has 0 unspecified atom stereocenters. The van der Waals surface area contributed by atoms with Crippen LogP contribution in [-0.2, 0) is 20.2 Å². The monoisotopic (exact) mass is 406 g/mol. The molecule has 0 spiro atoms. The van der Waals surface area contributed by atoms with Gasteiger partial charge in [-0.25, -0.2) is 0 Å². The van der Waals surface area contributed by atoms with Crippen molar-refractivity contribution in [1.29, 1.82) is 0 Å². The minimum absolute atomic E-state index is 0.0304. The van der Waals surface area contributed by atoms with Crippen molar-refractivity contribution < 1.29 is 25.2 Å². The first-order valence-electron chi connectivity index (χ1n) is 9.22. The SMILES string of the molecule is CCCCCCS(=O)(=O)Oc1ccc(OS(=O)(=O)CCCCCC)cc1. The van der Waals surface area contributed by atoms with Crippen LogP contribution in [0.3, 0.4) is 0 Å². The lowest BCUT2D eigenvalue weighted by Gasteiger charge is -2.09. The lowest BCUT2D eigenvalue weighted by molar-refractivity contribution is 0.474. The van der Waals surface area contributed by atoms with Crippen LogP contribution in [0.1, 0.15) is 65.2 Å². The maximum atomic E-state index is 11.9. The summed E-state index contributed by atoms with van der Waals surface area (Å²) < 4.78 is 57.6. The molecule has 0 fully saturated rings. The summed E-state index contributed by atoms with van der Waals surface area (Å²) in [4.78, 5) is 0. The molecule has 26 heavy (non-hydrogen) atoms. The Bertz CT molecular complexity index is 646. The highest BCUT2D eigenvalue weighted by atomic mass is 32.2. The van der Waals surface area contributed by atoms with Gasteiger partial charge in [0.2, 0.25) is 0 Å². The molecule has 0 saturated carbocycles. The second kappa shape index (κ2) is 11.4. The molecule has 6 nitrogen and oxygen atoms in total. The summed E-state index contributed by atoms with van der Waals surface area (Å²) >= 11 is 0. The van der Waals surface area contributed by atoms with E-state index in [1.54, 1.807) is 0 Å². The summed E-state index contributed by atoms with van der Waals surface area (Å²) in [6.07, 6.45) is 6.88.